The van der Waals surface area contributed by atoms with Gasteiger partial charge in [-0.1, -0.05) is 48.5 Å². The predicted octanol–water partition coefficient (Wildman–Crippen LogP) is 6.60. The normalized spacial score (nSPS) is 17.9. The average molecular weight is 525 g/mol. The molecule has 6 rings (SSSR count). The first-order valence-electron chi connectivity index (χ1n) is 12.3. The van der Waals surface area contributed by atoms with Crippen molar-refractivity contribution < 1.29 is 19.4 Å². The molecule has 0 spiro atoms. The van der Waals surface area contributed by atoms with E-state index in [4.69, 9.17) is 0 Å². The van der Waals surface area contributed by atoms with Crippen LogP contribution in [0.5, 0.6) is 5.75 Å². The first-order chi connectivity index (χ1) is 18.5. The molecule has 0 unspecified atom stereocenters. The molecule has 0 bridgehead atoms. The molecule has 1 aromatic heterocycles. The van der Waals surface area contributed by atoms with Gasteiger partial charge in [0.05, 0.1) is 12.1 Å². The number of nitrogens with one attached hydrogen (secondary N) is 1. The van der Waals surface area contributed by atoms with E-state index in [-0.39, 0.29) is 23.5 Å². The number of phenols is 1. The Bertz CT molecular complexity index is 1580. The molecule has 1 fully saturated rings. The third-order valence-electron chi connectivity index (χ3n) is 7.02. The number of phenolic OH excluding ortho intramolecular Hbond substituents is 1. The molecule has 3 atom stereocenters. The Kier molecular flexibility index (Phi) is 6.39. The molecule has 0 aliphatic carbocycles. The minimum absolute atomic E-state index is 0.0418. The van der Waals surface area contributed by atoms with Crippen molar-refractivity contribution in [3.63, 3.8) is 0 Å². The third-order valence-corrected chi connectivity index (χ3v) is 8.35. The molecule has 3 N–H and O–H groups in total. The van der Waals surface area contributed by atoms with Gasteiger partial charge in [0.2, 0.25) is 5.91 Å². The van der Waals surface area contributed by atoms with Gasteiger partial charge in [0.1, 0.15) is 16.8 Å². The van der Waals surface area contributed by atoms with Crippen LogP contribution in [0, 0.1) is 5.82 Å². The van der Waals surface area contributed by atoms with Crippen LogP contribution in [0.4, 0.5) is 10.1 Å². The van der Waals surface area contributed by atoms with Crippen LogP contribution in [-0.4, -0.2) is 32.1 Å². The Morgan fingerprint density at radius 2 is 1.66 bits per heavy atom. The van der Waals surface area contributed by atoms with E-state index >= 15 is 0 Å². The lowest BCUT2D eigenvalue weighted by Crippen LogP contribution is -2.57. The largest absolute Gasteiger partial charge is 0.508 e. The van der Waals surface area contributed by atoms with E-state index in [1.807, 2.05) is 54.7 Å². The van der Waals surface area contributed by atoms with Gasteiger partial charge < -0.3 is 20.1 Å². The summed E-state index contributed by atoms with van der Waals surface area (Å²) in [5.74, 6) is 0.0519. The SMILES string of the molecule is O=C1[C@H](SC[C@H](O)c2ccc(F)cc2)[C@@H](c2ccc(O)cc2)N1c1ccc(-c2cccc3[nH]ccc23)cc1. The van der Waals surface area contributed by atoms with Gasteiger partial charge in [-0.3, -0.25) is 4.79 Å². The second-order valence-electron chi connectivity index (χ2n) is 9.36. The number of anilines is 1. The number of aromatic hydroxyl groups is 1. The summed E-state index contributed by atoms with van der Waals surface area (Å²) in [5, 5.41) is 21.2. The van der Waals surface area contributed by atoms with E-state index in [0.29, 0.717) is 11.3 Å². The minimum atomic E-state index is -0.821. The fourth-order valence-electron chi connectivity index (χ4n) is 5.02. The molecule has 2 heterocycles. The lowest BCUT2D eigenvalue weighted by atomic mass is 9.91. The average Bonchev–Trinajstić information content (AvgIpc) is 3.42. The summed E-state index contributed by atoms with van der Waals surface area (Å²) >= 11 is 1.39. The first kappa shape index (κ1) is 24.3. The van der Waals surface area contributed by atoms with Crippen molar-refractivity contribution in [2.24, 2.45) is 0 Å². The number of hydrogen-bond acceptors (Lipinski definition) is 4. The first-order valence-corrected chi connectivity index (χ1v) is 13.4. The van der Waals surface area contributed by atoms with Crippen LogP contribution in [-0.2, 0) is 4.79 Å². The van der Waals surface area contributed by atoms with Gasteiger partial charge in [0.25, 0.3) is 0 Å². The number of nitrogens with zero attached hydrogens (tertiary/aromatic N) is 1. The Balaban J connectivity index is 1.25. The summed E-state index contributed by atoms with van der Waals surface area (Å²) in [7, 11) is 0. The van der Waals surface area contributed by atoms with Crippen molar-refractivity contribution >= 4 is 34.3 Å². The van der Waals surface area contributed by atoms with Crippen LogP contribution in [0.25, 0.3) is 22.0 Å². The van der Waals surface area contributed by atoms with Crippen LogP contribution < -0.4 is 4.90 Å². The smallest absolute Gasteiger partial charge is 0.243 e. The zero-order chi connectivity index (χ0) is 26.2. The molecular weight excluding hydrogens is 499 g/mol. The molecule has 1 aliphatic heterocycles. The lowest BCUT2D eigenvalue weighted by molar-refractivity contribution is -0.123. The number of aromatic nitrogens is 1. The quantitative estimate of drug-likeness (QED) is 0.210. The number of halogens is 1. The fraction of sp³-hybridized carbons (Fsp3) is 0.129. The Hall–Kier alpha value is -4.07. The van der Waals surface area contributed by atoms with Crippen LogP contribution in [0.3, 0.4) is 0 Å². The van der Waals surface area contributed by atoms with Crippen molar-refractivity contribution in [2.75, 3.05) is 10.7 Å². The van der Waals surface area contributed by atoms with Gasteiger partial charge in [0.15, 0.2) is 0 Å². The number of carbonyl (C=O) groups excluding carboxylic acids is 1. The summed E-state index contributed by atoms with van der Waals surface area (Å²) in [6, 6.07) is 28.5. The zero-order valence-electron chi connectivity index (χ0n) is 20.3. The molecule has 5 aromatic rings. The summed E-state index contributed by atoms with van der Waals surface area (Å²) in [6.07, 6.45) is 1.10. The summed E-state index contributed by atoms with van der Waals surface area (Å²) in [4.78, 5) is 18.4. The fourth-order valence-corrected chi connectivity index (χ4v) is 6.32. The Morgan fingerprint density at radius 1 is 0.921 bits per heavy atom. The second-order valence-corrected chi connectivity index (χ2v) is 10.5. The molecular formula is C31H25FN2O3S. The Labute approximate surface area is 223 Å². The van der Waals surface area contributed by atoms with Gasteiger partial charge >= 0.3 is 0 Å². The van der Waals surface area contributed by atoms with E-state index in [9.17, 15) is 19.4 Å². The van der Waals surface area contributed by atoms with Gasteiger partial charge in [0, 0.05) is 28.5 Å². The standard InChI is InChI=1S/C31H25FN2O3S/c32-22-10-4-20(5-11-22)28(36)18-38-30-29(21-8-14-24(35)15-9-21)34(31(30)37)23-12-6-19(7-13-23)25-2-1-3-27-26(25)16-17-33-27/h1-17,28-30,33,35-36H,18H2/t28-,29+,30+/m0/s1. The van der Waals surface area contributed by atoms with E-state index < -0.39 is 11.4 Å². The number of rotatable bonds is 7. The predicted molar refractivity (Wildman–Crippen MR) is 150 cm³/mol. The van der Waals surface area contributed by atoms with E-state index in [1.165, 1.54) is 23.9 Å². The molecule has 38 heavy (non-hydrogen) atoms. The topological polar surface area (TPSA) is 76.6 Å². The van der Waals surface area contributed by atoms with Crippen LogP contribution in [0.2, 0.25) is 0 Å². The van der Waals surface area contributed by atoms with Crippen molar-refractivity contribution in [1.82, 2.24) is 4.98 Å². The molecule has 0 radical (unpaired) electrons. The number of benzene rings is 4. The molecule has 5 nitrogen and oxygen atoms in total. The number of fused-ring (bicyclic) bond motifs is 1. The molecule has 7 heteroatoms. The highest BCUT2D eigenvalue weighted by Crippen LogP contribution is 2.46. The molecule has 4 aromatic carbocycles. The summed E-state index contributed by atoms with van der Waals surface area (Å²) in [6.45, 7) is 0. The van der Waals surface area contributed by atoms with Crippen LogP contribution in [0.1, 0.15) is 23.3 Å². The van der Waals surface area contributed by atoms with Gasteiger partial charge in [-0.05, 0) is 70.8 Å². The van der Waals surface area contributed by atoms with Gasteiger partial charge in [-0.2, -0.15) is 0 Å². The van der Waals surface area contributed by atoms with E-state index in [2.05, 4.69) is 17.1 Å². The van der Waals surface area contributed by atoms with E-state index in [0.717, 1.165) is 33.3 Å². The highest BCUT2D eigenvalue weighted by atomic mass is 32.2. The summed E-state index contributed by atoms with van der Waals surface area (Å²) < 4.78 is 13.3. The minimum Gasteiger partial charge on any atom is -0.508 e. The lowest BCUT2D eigenvalue weighted by Gasteiger charge is -2.47. The number of aliphatic hydroxyl groups excluding tert-OH is 1. The summed E-state index contributed by atoms with van der Waals surface area (Å²) in [5.41, 5.74) is 5.53. The molecule has 1 saturated heterocycles. The van der Waals surface area contributed by atoms with E-state index in [1.54, 1.807) is 29.2 Å². The van der Waals surface area contributed by atoms with Gasteiger partial charge in [-0.15, -0.1) is 11.8 Å². The number of β-lactam (4-membered cyclic amide) rings is 1. The van der Waals surface area contributed by atoms with Crippen molar-refractivity contribution in [2.45, 2.75) is 17.4 Å². The molecule has 0 saturated carbocycles. The number of hydrogen-bond donors (Lipinski definition) is 3. The van der Waals surface area contributed by atoms with Crippen molar-refractivity contribution in [3.05, 3.63) is 120 Å². The number of H-pyrrole nitrogens is 1. The molecule has 1 aliphatic rings. The molecule has 1 amide bonds. The maximum Gasteiger partial charge on any atom is 0.243 e. The number of thioether (sulfide) groups is 1. The van der Waals surface area contributed by atoms with Crippen molar-refractivity contribution in [1.29, 1.82) is 0 Å². The van der Waals surface area contributed by atoms with Crippen LogP contribution >= 0.6 is 11.8 Å². The molecule has 190 valence electrons. The maximum atomic E-state index is 13.4. The number of carbonyl (C=O) groups is 1. The number of amides is 1. The zero-order valence-corrected chi connectivity index (χ0v) is 21.1. The number of aromatic amines is 1. The monoisotopic (exact) mass is 524 g/mol. The number of aliphatic hydroxyl groups is 1. The van der Waals surface area contributed by atoms with Gasteiger partial charge in [-0.25, -0.2) is 4.39 Å². The van der Waals surface area contributed by atoms with Crippen LogP contribution in [0.15, 0.2) is 103 Å². The third kappa shape index (κ3) is 4.44. The Morgan fingerprint density at radius 3 is 2.39 bits per heavy atom. The highest BCUT2D eigenvalue weighted by Gasteiger charge is 2.49. The maximum absolute atomic E-state index is 13.4. The van der Waals surface area contributed by atoms with Crippen molar-refractivity contribution in [3.8, 4) is 16.9 Å². The highest BCUT2D eigenvalue weighted by molar-refractivity contribution is 8.00. The second kappa shape index (κ2) is 10.0.